The highest BCUT2D eigenvalue weighted by Crippen LogP contribution is 2.89. The zero-order chi connectivity index (χ0) is 25.6. The summed E-state index contributed by atoms with van der Waals surface area (Å²) in [6.07, 6.45) is 16.3. The highest BCUT2D eigenvalue weighted by atomic mass is 16.5. The maximum absolute atomic E-state index is 11.9. The first-order valence-electron chi connectivity index (χ1n) is 15.1. The van der Waals surface area contributed by atoms with Crippen LogP contribution >= 0.6 is 0 Å². The lowest BCUT2D eigenvalue weighted by Gasteiger charge is -2.63. The fourth-order valence-electron chi connectivity index (χ4n) is 11.5. The topological polar surface area (TPSA) is 26.3 Å². The van der Waals surface area contributed by atoms with Crippen molar-refractivity contribution in [2.24, 2.45) is 56.7 Å². The number of carbonyl (C=O) groups excluding carboxylic acids is 1. The molecule has 5 fully saturated rings. The molecule has 0 amide bonds. The summed E-state index contributed by atoms with van der Waals surface area (Å²) in [6.45, 7) is 21.4. The predicted molar refractivity (Wildman–Crippen MR) is 145 cm³/mol. The van der Waals surface area contributed by atoms with Crippen molar-refractivity contribution in [3.8, 4) is 0 Å². The van der Waals surface area contributed by atoms with Gasteiger partial charge < -0.3 is 4.74 Å². The van der Waals surface area contributed by atoms with E-state index in [0.29, 0.717) is 27.6 Å². The number of hydrogen-bond donors (Lipinski definition) is 0. The molecule has 9 atom stereocenters. The highest BCUT2D eigenvalue weighted by Gasteiger charge is 2.82. The average Bonchev–Trinajstić information content (AvgIpc) is 3.36. The maximum atomic E-state index is 11.9. The van der Waals surface area contributed by atoms with Crippen LogP contribution in [0.3, 0.4) is 0 Å². The number of hydrogen-bond acceptors (Lipinski definition) is 2. The Bertz CT molecular complexity index is 899. The number of ether oxygens (including phenoxy) is 1. The third-order valence-corrected chi connectivity index (χ3v) is 13.8. The van der Waals surface area contributed by atoms with E-state index in [1.165, 1.54) is 57.8 Å². The van der Waals surface area contributed by atoms with E-state index in [1.54, 1.807) is 12.5 Å². The molecule has 0 aromatic heterocycles. The van der Waals surface area contributed by atoms with Crippen LogP contribution in [0.15, 0.2) is 11.6 Å². The molecule has 5 aliphatic carbocycles. The van der Waals surface area contributed by atoms with Crippen LogP contribution in [0, 0.1) is 56.7 Å². The van der Waals surface area contributed by atoms with Gasteiger partial charge in [0.05, 0.1) is 0 Å². The normalized spacial score (nSPS) is 48.9. The van der Waals surface area contributed by atoms with Gasteiger partial charge in [0, 0.05) is 12.3 Å². The lowest BCUT2D eigenvalue weighted by molar-refractivity contribution is -0.181. The van der Waals surface area contributed by atoms with E-state index in [-0.39, 0.29) is 17.5 Å². The average molecular weight is 483 g/mol. The van der Waals surface area contributed by atoms with Crippen molar-refractivity contribution >= 4 is 5.97 Å². The van der Waals surface area contributed by atoms with Crippen LogP contribution in [-0.2, 0) is 9.53 Å². The van der Waals surface area contributed by atoms with Crippen LogP contribution in [0.2, 0.25) is 0 Å². The van der Waals surface area contributed by atoms with E-state index in [9.17, 15) is 4.79 Å². The Labute approximate surface area is 216 Å². The van der Waals surface area contributed by atoms with Crippen LogP contribution in [0.5, 0.6) is 0 Å². The quantitative estimate of drug-likeness (QED) is 0.289. The lowest BCUT2D eigenvalue weighted by atomic mass is 9.41. The SMILES string of the molecule is CC(=O)O[C@H]1CC[C@]23C[C@]24CC[C@]2(C)[C@@H]([C@H](C)C/C=C(/C)C(C)C)CC[C@@]2(C)[C@@H]4CC[C@H]3C1(C)C. The molecule has 2 heteroatoms. The zero-order valence-corrected chi connectivity index (χ0v) is 24.4. The van der Waals surface area contributed by atoms with Crippen molar-refractivity contribution in [2.75, 3.05) is 0 Å². The summed E-state index contributed by atoms with van der Waals surface area (Å²) >= 11 is 0. The summed E-state index contributed by atoms with van der Waals surface area (Å²) < 4.78 is 5.91. The minimum atomic E-state index is -0.0938. The minimum Gasteiger partial charge on any atom is -0.462 e. The van der Waals surface area contributed by atoms with E-state index in [0.717, 1.165) is 30.1 Å². The van der Waals surface area contributed by atoms with Crippen molar-refractivity contribution in [3.05, 3.63) is 11.6 Å². The Balaban J connectivity index is 1.39. The van der Waals surface area contributed by atoms with Crippen LogP contribution in [0.1, 0.15) is 127 Å². The standard InChI is InChI=1S/C33H54O2/c1-21(2)22(3)10-11-23(4)25-14-16-31(9)27-13-12-26-29(6,7)28(35-24(5)34)15-17-32(26)20-33(27,32)19-18-30(25,31)8/h10,21,23,25-28H,11-20H2,1-9H3/b22-10-/t23-,25-,26+,27+,28+,30-,31+,32-,33+/m1/s1. The molecule has 0 saturated heterocycles. The molecular formula is C33H54O2. The monoisotopic (exact) mass is 482 g/mol. The van der Waals surface area contributed by atoms with Crippen molar-refractivity contribution < 1.29 is 9.53 Å². The molecule has 198 valence electrons. The summed E-state index contributed by atoms with van der Waals surface area (Å²) in [7, 11) is 0. The van der Waals surface area contributed by atoms with Crippen LogP contribution < -0.4 is 0 Å². The third-order valence-electron chi connectivity index (χ3n) is 13.8. The molecule has 0 aromatic carbocycles. The molecule has 2 spiro atoms. The van der Waals surface area contributed by atoms with Gasteiger partial charge in [0.15, 0.2) is 0 Å². The van der Waals surface area contributed by atoms with E-state index in [4.69, 9.17) is 4.74 Å². The number of rotatable bonds is 5. The smallest absolute Gasteiger partial charge is 0.302 e. The fraction of sp³-hybridized carbons (Fsp3) is 0.909. The molecule has 2 nitrogen and oxygen atoms in total. The van der Waals surface area contributed by atoms with Gasteiger partial charge in [-0.1, -0.05) is 60.1 Å². The van der Waals surface area contributed by atoms with E-state index in [1.807, 2.05) is 0 Å². The first-order chi connectivity index (χ1) is 16.3. The Morgan fingerprint density at radius 2 is 1.51 bits per heavy atom. The molecule has 0 unspecified atom stereocenters. The molecule has 5 aliphatic rings. The van der Waals surface area contributed by atoms with Gasteiger partial charge in [-0.3, -0.25) is 4.79 Å². The summed E-state index contributed by atoms with van der Waals surface area (Å²) in [4.78, 5) is 11.9. The first-order valence-corrected chi connectivity index (χ1v) is 15.1. The van der Waals surface area contributed by atoms with Crippen LogP contribution in [0.25, 0.3) is 0 Å². The molecular weight excluding hydrogens is 428 g/mol. The Hall–Kier alpha value is -0.790. The van der Waals surface area contributed by atoms with Gasteiger partial charge in [0.2, 0.25) is 0 Å². The van der Waals surface area contributed by atoms with E-state index in [2.05, 4.69) is 61.5 Å². The van der Waals surface area contributed by atoms with Gasteiger partial charge in [0.1, 0.15) is 6.10 Å². The second-order valence-electron chi connectivity index (χ2n) is 15.4. The third kappa shape index (κ3) is 3.35. The molecule has 5 rings (SSSR count). The molecule has 0 aromatic rings. The van der Waals surface area contributed by atoms with Gasteiger partial charge in [0.25, 0.3) is 0 Å². The van der Waals surface area contributed by atoms with Gasteiger partial charge in [-0.2, -0.15) is 0 Å². The van der Waals surface area contributed by atoms with Gasteiger partial charge in [-0.05, 0) is 122 Å². The zero-order valence-electron chi connectivity index (χ0n) is 24.4. The first kappa shape index (κ1) is 25.8. The summed E-state index contributed by atoms with van der Waals surface area (Å²) in [6, 6.07) is 0. The van der Waals surface area contributed by atoms with Gasteiger partial charge in [-0.25, -0.2) is 0 Å². The maximum Gasteiger partial charge on any atom is 0.302 e. The molecule has 35 heavy (non-hydrogen) atoms. The van der Waals surface area contributed by atoms with Crippen molar-refractivity contribution in [3.63, 3.8) is 0 Å². The minimum absolute atomic E-state index is 0.0938. The number of fused-ring (bicyclic) bond motifs is 2. The van der Waals surface area contributed by atoms with Crippen molar-refractivity contribution in [2.45, 2.75) is 133 Å². The second kappa shape index (κ2) is 8.10. The molecule has 0 aliphatic heterocycles. The highest BCUT2D eigenvalue weighted by molar-refractivity contribution is 5.66. The predicted octanol–water partition coefficient (Wildman–Crippen LogP) is 8.99. The number of carbonyl (C=O) groups is 1. The summed E-state index contributed by atoms with van der Waals surface area (Å²) in [5.74, 6) is 3.84. The molecule has 0 radical (unpaired) electrons. The largest absolute Gasteiger partial charge is 0.462 e. The number of allylic oxidation sites excluding steroid dienone is 2. The molecule has 0 heterocycles. The van der Waals surface area contributed by atoms with E-state index < -0.39 is 0 Å². The summed E-state index contributed by atoms with van der Waals surface area (Å²) in [5, 5.41) is 0. The molecule has 0 N–H and O–H groups in total. The Morgan fingerprint density at radius 1 is 0.857 bits per heavy atom. The fourth-order valence-corrected chi connectivity index (χ4v) is 11.5. The van der Waals surface area contributed by atoms with Crippen molar-refractivity contribution in [1.82, 2.24) is 0 Å². The van der Waals surface area contributed by atoms with Crippen molar-refractivity contribution in [1.29, 1.82) is 0 Å². The van der Waals surface area contributed by atoms with Crippen LogP contribution in [0.4, 0.5) is 0 Å². The van der Waals surface area contributed by atoms with Gasteiger partial charge >= 0.3 is 5.97 Å². The molecule has 5 saturated carbocycles. The summed E-state index contributed by atoms with van der Waals surface area (Å²) in [5.41, 5.74) is 3.76. The molecule has 0 bridgehead atoms. The lowest BCUT2D eigenvalue weighted by Crippen LogP contribution is -2.58. The Kier molecular flexibility index (Phi) is 5.98. The Morgan fingerprint density at radius 3 is 2.17 bits per heavy atom. The van der Waals surface area contributed by atoms with Gasteiger partial charge in [-0.15, -0.1) is 0 Å². The van der Waals surface area contributed by atoms with E-state index >= 15 is 0 Å². The van der Waals surface area contributed by atoms with Crippen LogP contribution in [-0.4, -0.2) is 12.1 Å². The number of esters is 1. The second-order valence-corrected chi connectivity index (χ2v) is 15.4.